The summed E-state index contributed by atoms with van der Waals surface area (Å²) in [6.07, 6.45) is 1.47. The number of benzene rings is 2. The lowest BCUT2D eigenvalue weighted by atomic mass is 10.2. The van der Waals surface area contributed by atoms with Crippen molar-refractivity contribution >= 4 is 50.6 Å². The topological polar surface area (TPSA) is 110 Å². The number of carbonyl (C=O) groups is 1. The SMILES string of the molecule is O=C(Nc1sc(N/N=C/c2cccc([N+](=O)[O-])c2)nc1-c1ccccc1)c1cccs1. The Kier molecular flexibility index (Phi) is 6.11. The van der Waals surface area contributed by atoms with Crippen molar-refractivity contribution in [1.29, 1.82) is 0 Å². The van der Waals surface area contributed by atoms with E-state index in [2.05, 4.69) is 20.8 Å². The van der Waals surface area contributed by atoms with E-state index >= 15 is 0 Å². The Bertz CT molecular complexity index is 1240. The molecule has 0 radical (unpaired) electrons. The van der Waals surface area contributed by atoms with Gasteiger partial charge in [0.2, 0.25) is 5.13 Å². The fraction of sp³-hybridized carbons (Fsp3) is 0. The summed E-state index contributed by atoms with van der Waals surface area (Å²) in [4.78, 5) is 28.1. The number of hydrogen-bond donors (Lipinski definition) is 2. The zero-order valence-corrected chi connectivity index (χ0v) is 17.5. The Hall–Kier alpha value is -3.89. The smallest absolute Gasteiger partial charge is 0.270 e. The zero-order chi connectivity index (χ0) is 21.6. The number of thiophene rings is 1. The van der Waals surface area contributed by atoms with Crippen molar-refractivity contribution in [2.24, 2.45) is 5.10 Å². The third-order valence-corrected chi connectivity index (χ3v) is 5.85. The predicted molar refractivity (Wildman–Crippen MR) is 124 cm³/mol. The van der Waals surface area contributed by atoms with Crippen LogP contribution in [0.4, 0.5) is 15.8 Å². The van der Waals surface area contributed by atoms with Gasteiger partial charge in [-0.3, -0.25) is 20.3 Å². The lowest BCUT2D eigenvalue weighted by Gasteiger charge is -2.03. The van der Waals surface area contributed by atoms with E-state index in [-0.39, 0.29) is 11.6 Å². The third kappa shape index (κ3) is 5.00. The van der Waals surface area contributed by atoms with Gasteiger partial charge in [-0.05, 0) is 11.4 Å². The number of nitro groups is 1. The lowest BCUT2D eigenvalue weighted by molar-refractivity contribution is -0.384. The van der Waals surface area contributed by atoms with Crippen LogP contribution in [0.3, 0.4) is 0 Å². The molecule has 4 aromatic rings. The normalized spacial score (nSPS) is 10.8. The highest BCUT2D eigenvalue weighted by molar-refractivity contribution is 7.20. The minimum absolute atomic E-state index is 0.0110. The number of hydrazone groups is 1. The molecule has 0 bridgehead atoms. The number of nitrogens with one attached hydrogen (secondary N) is 2. The highest BCUT2D eigenvalue weighted by Gasteiger charge is 2.17. The van der Waals surface area contributed by atoms with Gasteiger partial charge in [-0.2, -0.15) is 5.10 Å². The van der Waals surface area contributed by atoms with Crippen LogP contribution in [0, 0.1) is 10.1 Å². The Morgan fingerprint density at radius 2 is 1.94 bits per heavy atom. The number of amides is 1. The molecule has 10 heteroatoms. The van der Waals surface area contributed by atoms with Gasteiger partial charge in [-0.1, -0.05) is 59.9 Å². The highest BCUT2D eigenvalue weighted by Crippen LogP contribution is 2.36. The molecule has 0 aliphatic heterocycles. The number of nitrogens with zero attached hydrogens (tertiary/aromatic N) is 3. The van der Waals surface area contributed by atoms with Crippen LogP contribution in [-0.2, 0) is 0 Å². The monoisotopic (exact) mass is 449 g/mol. The van der Waals surface area contributed by atoms with Crippen molar-refractivity contribution < 1.29 is 9.72 Å². The van der Waals surface area contributed by atoms with E-state index in [4.69, 9.17) is 0 Å². The van der Waals surface area contributed by atoms with Gasteiger partial charge >= 0.3 is 0 Å². The summed E-state index contributed by atoms with van der Waals surface area (Å²) in [5, 5.41) is 20.9. The average molecular weight is 450 g/mol. The van der Waals surface area contributed by atoms with Crippen molar-refractivity contribution in [3.8, 4) is 11.3 Å². The van der Waals surface area contributed by atoms with Gasteiger partial charge in [-0.25, -0.2) is 4.98 Å². The fourth-order valence-electron chi connectivity index (χ4n) is 2.70. The number of anilines is 2. The summed E-state index contributed by atoms with van der Waals surface area (Å²) in [5.74, 6) is -0.206. The molecule has 0 saturated carbocycles. The van der Waals surface area contributed by atoms with Crippen LogP contribution >= 0.6 is 22.7 Å². The van der Waals surface area contributed by atoms with Crippen LogP contribution in [0.2, 0.25) is 0 Å². The average Bonchev–Trinajstić information content (AvgIpc) is 3.45. The molecule has 31 heavy (non-hydrogen) atoms. The van der Waals surface area contributed by atoms with E-state index in [1.165, 1.54) is 41.0 Å². The Morgan fingerprint density at radius 1 is 1.10 bits per heavy atom. The molecule has 0 aliphatic rings. The third-order valence-electron chi connectivity index (χ3n) is 4.10. The van der Waals surface area contributed by atoms with Crippen LogP contribution in [0.25, 0.3) is 11.3 Å². The van der Waals surface area contributed by atoms with Crippen molar-refractivity contribution in [2.45, 2.75) is 0 Å². The van der Waals surface area contributed by atoms with Crippen LogP contribution in [0.5, 0.6) is 0 Å². The number of rotatable bonds is 7. The van der Waals surface area contributed by atoms with Crippen molar-refractivity contribution in [3.05, 3.63) is 92.7 Å². The second-order valence-corrected chi connectivity index (χ2v) is 8.16. The summed E-state index contributed by atoms with van der Waals surface area (Å²) in [6, 6.07) is 19.2. The largest absolute Gasteiger partial charge is 0.311 e. The predicted octanol–water partition coefficient (Wildman–Crippen LogP) is 5.48. The number of aromatic nitrogens is 1. The Morgan fingerprint density at radius 3 is 2.68 bits per heavy atom. The van der Waals surface area contributed by atoms with Gasteiger partial charge in [0.25, 0.3) is 11.6 Å². The minimum Gasteiger partial charge on any atom is -0.311 e. The number of carbonyl (C=O) groups excluding carboxylic acids is 1. The van der Waals surface area contributed by atoms with Crippen LogP contribution in [0.15, 0.2) is 77.2 Å². The quantitative estimate of drug-likeness (QED) is 0.221. The molecule has 1 amide bonds. The molecule has 2 N–H and O–H groups in total. The Labute approximate surface area is 185 Å². The van der Waals surface area contributed by atoms with Crippen LogP contribution < -0.4 is 10.7 Å². The van der Waals surface area contributed by atoms with Gasteiger partial charge in [0, 0.05) is 23.3 Å². The zero-order valence-electron chi connectivity index (χ0n) is 15.9. The molecule has 0 spiro atoms. The molecule has 8 nitrogen and oxygen atoms in total. The summed E-state index contributed by atoms with van der Waals surface area (Å²) in [6.45, 7) is 0. The number of hydrogen-bond acceptors (Lipinski definition) is 8. The van der Waals surface area contributed by atoms with Gasteiger partial charge in [0.15, 0.2) is 0 Å². The van der Waals surface area contributed by atoms with Crippen LogP contribution in [0.1, 0.15) is 15.2 Å². The van der Waals surface area contributed by atoms with Crippen molar-refractivity contribution in [3.63, 3.8) is 0 Å². The molecule has 2 aromatic heterocycles. The number of non-ortho nitro benzene ring substituents is 1. The van der Waals surface area contributed by atoms with Crippen molar-refractivity contribution in [1.82, 2.24) is 4.98 Å². The molecule has 4 rings (SSSR count). The van der Waals surface area contributed by atoms with E-state index in [0.717, 1.165) is 5.56 Å². The molecule has 2 heterocycles. The number of thiazole rings is 1. The number of nitro benzene ring substituents is 1. The van der Waals surface area contributed by atoms with Crippen LogP contribution in [-0.4, -0.2) is 22.0 Å². The highest BCUT2D eigenvalue weighted by atomic mass is 32.1. The molecular formula is C21H15N5O3S2. The van der Waals surface area contributed by atoms with E-state index in [1.807, 2.05) is 41.8 Å². The molecule has 154 valence electrons. The maximum Gasteiger partial charge on any atom is 0.270 e. The van der Waals surface area contributed by atoms with Gasteiger partial charge in [-0.15, -0.1) is 11.3 Å². The first-order valence-corrected chi connectivity index (χ1v) is 10.7. The fourth-order valence-corrected chi connectivity index (χ4v) is 4.15. The molecular weight excluding hydrogens is 434 g/mol. The van der Waals surface area contributed by atoms with E-state index in [0.29, 0.717) is 26.3 Å². The summed E-state index contributed by atoms with van der Waals surface area (Å²) < 4.78 is 0. The first-order valence-electron chi connectivity index (χ1n) is 9.05. The van der Waals surface area contributed by atoms with Gasteiger partial charge in [0.05, 0.1) is 16.0 Å². The van der Waals surface area contributed by atoms with E-state index < -0.39 is 4.92 Å². The van der Waals surface area contributed by atoms with E-state index in [1.54, 1.807) is 18.2 Å². The second kappa shape index (κ2) is 9.28. The summed E-state index contributed by atoms with van der Waals surface area (Å²) >= 11 is 2.61. The summed E-state index contributed by atoms with van der Waals surface area (Å²) in [5.41, 5.74) is 4.89. The van der Waals surface area contributed by atoms with Gasteiger partial charge < -0.3 is 5.32 Å². The Balaban J connectivity index is 1.57. The van der Waals surface area contributed by atoms with Gasteiger partial charge in [0.1, 0.15) is 10.7 Å². The molecule has 2 aromatic carbocycles. The molecule has 0 aliphatic carbocycles. The second-order valence-electron chi connectivity index (χ2n) is 6.22. The lowest BCUT2D eigenvalue weighted by Crippen LogP contribution is -2.09. The standard InChI is InChI=1S/C21H15N5O3S2/c27-19(17-10-5-11-30-17)24-20-18(15-7-2-1-3-8-15)23-21(31-20)25-22-13-14-6-4-9-16(12-14)26(28)29/h1-13H,(H,23,25)(H,24,27)/b22-13+. The maximum atomic E-state index is 12.5. The molecule has 0 unspecified atom stereocenters. The first kappa shape index (κ1) is 20.4. The molecule has 0 saturated heterocycles. The van der Waals surface area contributed by atoms with Crippen molar-refractivity contribution in [2.75, 3.05) is 10.7 Å². The summed E-state index contributed by atoms with van der Waals surface area (Å²) in [7, 11) is 0. The van der Waals surface area contributed by atoms with E-state index in [9.17, 15) is 14.9 Å². The molecule has 0 fully saturated rings. The first-order chi connectivity index (χ1) is 15.1. The molecule has 0 atom stereocenters. The maximum absolute atomic E-state index is 12.5. The minimum atomic E-state index is -0.458.